The predicted octanol–water partition coefficient (Wildman–Crippen LogP) is 2.64. The largest absolute Gasteiger partial charge is 0.391 e. The van der Waals surface area contributed by atoms with Crippen LogP contribution in [-0.2, 0) is 11.2 Å². The summed E-state index contributed by atoms with van der Waals surface area (Å²) in [6, 6.07) is 21.0. The zero-order valence-electron chi connectivity index (χ0n) is 15.4. The molecule has 4 heteroatoms. The first-order valence-electron chi connectivity index (χ1n) is 9.61. The van der Waals surface area contributed by atoms with Crippen LogP contribution in [0, 0.1) is 0 Å². The molecule has 140 valence electrons. The molecule has 3 rings (SSSR count). The molecule has 0 unspecified atom stereocenters. The topological polar surface area (TPSA) is 44.7 Å². The third-order valence-electron chi connectivity index (χ3n) is 4.95. The van der Waals surface area contributed by atoms with Crippen molar-refractivity contribution in [3.8, 4) is 0 Å². The van der Waals surface area contributed by atoms with Gasteiger partial charge in [-0.05, 0) is 24.0 Å². The average molecular weight is 354 g/mol. The van der Waals surface area contributed by atoms with E-state index in [1.807, 2.05) is 24.3 Å². The van der Waals surface area contributed by atoms with Gasteiger partial charge in [0.15, 0.2) is 0 Å². The van der Waals surface area contributed by atoms with Crippen LogP contribution >= 0.6 is 0 Å². The quantitative estimate of drug-likeness (QED) is 0.727. The van der Waals surface area contributed by atoms with E-state index in [1.165, 1.54) is 11.1 Å². The number of benzene rings is 2. The molecule has 1 heterocycles. The number of aliphatic hydroxyl groups excluding tert-OH is 1. The average Bonchev–Trinajstić information content (AvgIpc) is 2.70. The fourth-order valence-electron chi connectivity index (χ4n) is 3.45. The predicted molar refractivity (Wildman–Crippen MR) is 105 cm³/mol. The molecule has 2 N–H and O–H groups in total. The first-order chi connectivity index (χ1) is 12.8. The Morgan fingerprint density at radius 3 is 2.31 bits per heavy atom. The van der Waals surface area contributed by atoms with Gasteiger partial charge in [0, 0.05) is 32.2 Å². The molecule has 2 aromatic carbocycles. The molecule has 4 nitrogen and oxygen atoms in total. The first-order valence-corrected chi connectivity index (χ1v) is 9.61. The lowest BCUT2D eigenvalue weighted by molar-refractivity contribution is 0.0359. The molecule has 1 saturated heterocycles. The zero-order chi connectivity index (χ0) is 18.0. The molecule has 0 aromatic heterocycles. The number of aliphatic hydroxyl groups is 1. The van der Waals surface area contributed by atoms with Crippen molar-refractivity contribution in [2.45, 2.75) is 25.0 Å². The van der Waals surface area contributed by atoms with Crippen molar-refractivity contribution in [1.82, 2.24) is 10.2 Å². The van der Waals surface area contributed by atoms with Gasteiger partial charge in [0.1, 0.15) is 0 Å². The third kappa shape index (κ3) is 6.22. The summed E-state index contributed by atoms with van der Waals surface area (Å²) in [6.45, 7) is 5.33. The lowest BCUT2D eigenvalue weighted by atomic mass is 10.0. The Balaban J connectivity index is 1.53. The van der Waals surface area contributed by atoms with Crippen molar-refractivity contribution in [2.75, 3.05) is 39.4 Å². The van der Waals surface area contributed by atoms with Crippen molar-refractivity contribution >= 4 is 0 Å². The lowest BCUT2D eigenvalue weighted by Crippen LogP contribution is -2.39. The van der Waals surface area contributed by atoms with E-state index < -0.39 is 0 Å². The maximum atomic E-state index is 10.4. The van der Waals surface area contributed by atoms with Gasteiger partial charge in [0.25, 0.3) is 0 Å². The molecule has 0 amide bonds. The summed E-state index contributed by atoms with van der Waals surface area (Å²) in [7, 11) is 0. The van der Waals surface area contributed by atoms with E-state index in [1.54, 1.807) is 0 Å². The molecule has 1 aliphatic heterocycles. The van der Waals surface area contributed by atoms with E-state index in [0.717, 1.165) is 39.3 Å². The van der Waals surface area contributed by atoms with E-state index in [0.29, 0.717) is 13.0 Å². The van der Waals surface area contributed by atoms with Gasteiger partial charge in [-0.3, -0.25) is 4.90 Å². The van der Waals surface area contributed by atoms with Crippen LogP contribution < -0.4 is 5.32 Å². The Hall–Kier alpha value is -1.72. The van der Waals surface area contributed by atoms with Crippen LogP contribution in [0.4, 0.5) is 0 Å². The minimum atomic E-state index is -0.382. The highest BCUT2D eigenvalue weighted by Gasteiger charge is 2.16. The SMILES string of the molecule is O[C@@H](CN[C@H](CCN1CCOCC1)c1ccccc1)Cc1ccccc1. The van der Waals surface area contributed by atoms with Crippen molar-refractivity contribution in [3.05, 3.63) is 71.8 Å². The van der Waals surface area contributed by atoms with Crippen LogP contribution in [0.25, 0.3) is 0 Å². The van der Waals surface area contributed by atoms with Gasteiger partial charge < -0.3 is 15.2 Å². The molecule has 0 aliphatic carbocycles. The standard InChI is InChI=1S/C22H30N2O2/c25-21(17-19-7-3-1-4-8-19)18-23-22(20-9-5-2-6-10-20)11-12-24-13-15-26-16-14-24/h1-10,21-23,25H,11-18H2/t21-,22-/m1/s1. The first kappa shape index (κ1) is 19.1. The van der Waals surface area contributed by atoms with E-state index in [-0.39, 0.29) is 12.1 Å². The summed E-state index contributed by atoms with van der Waals surface area (Å²) in [4.78, 5) is 2.46. The maximum absolute atomic E-state index is 10.4. The molecule has 26 heavy (non-hydrogen) atoms. The molecule has 0 saturated carbocycles. The monoisotopic (exact) mass is 354 g/mol. The van der Waals surface area contributed by atoms with Crippen LogP contribution in [0.15, 0.2) is 60.7 Å². The van der Waals surface area contributed by atoms with E-state index in [9.17, 15) is 5.11 Å². The Kier molecular flexibility index (Phi) is 7.65. The Labute approximate surface area is 156 Å². The van der Waals surface area contributed by atoms with Crippen LogP contribution in [0.3, 0.4) is 0 Å². The second-order valence-corrected chi connectivity index (χ2v) is 6.96. The fraction of sp³-hybridized carbons (Fsp3) is 0.455. The highest BCUT2D eigenvalue weighted by atomic mass is 16.5. The summed E-state index contributed by atoms with van der Waals surface area (Å²) >= 11 is 0. The van der Waals surface area contributed by atoms with Crippen LogP contribution in [0.1, 0.15) is 23.6 Å². The highest BCUT2D eigenvalue weighted by Crippen LogP contribution is 2.18. The molecule has 0 bridgehead atoms. The molecule has 1 fully saturated rings. The molecule has 0 spiro atoms. The molecular weight excluding hydrogens is 324 g/mol. The number of rotatable bonds is 9. The minimum Gasteiger partial charge on any atom is -0.391 e. The number of morpholine rings is 1. The smallest absolute Gasteiger partial charge is 0.0705 e. The van der Waals surface area contributed by atoms with Gasteiger partial charge in [-0.2, -0.15) is 0 Å². The van der Waals surface area contributed by atoms with E-state index >= 15 is 0 Å². The summed E-state index contributed by atoms with van der Waals surface area (Å²) in [5, 5.41) is 14.0. The van der Waals surface area contributed by atoms with Crippen LogP contribution in [0.5, 0.6) is 0 Å². The summed E-state index contributed by atoms with van der Waals surface area (Å²) in [5.41, 5.74) is 2.46. The molecule has 2 atom stereocenters. The zero-order valence-corrected chi connectivity index (χ0v) is 15.4. The van der Waals surface area contributed by atoms with Crippen LogP contribution in [0.2, 0.25) is 0 Å². The van der Waals surface area contributed by atoms with Crippen LogP contribution in [-0.4, -0.2) is 55.5 Å². The van der Waals surface area contributed by atoms with Gasteiger partial charge >= 0.3 is 0 Å². The lowest BCUT2D eigenvalue weighted by Gasteiger charge is -2.29. The molecule has 2 aromatic rings. The Morgan fingerprint density at radius 1 is 0.962 bits per heavy atom. The normalized spacial score (nSPS) is 17.7. The van der Waals surface area contributed by atoms with Gasteiger partial charge in [0.05, 0.1) is 19.3 Å². The second kappa shape index (κ2) is 10.4. The van der Waals surface area contributed by atoms with Gasteiger partial charge in [-0.1, -0.05) is 60.7 Å². The van der Waals surface area contributed by atoms with Crippen molar-refractivity contribution in [3.63, 3.8) is 0 Å². The second-order valence-electron chi connectivity index (χ2n) is 6.96. The van der Waals surface area contributed by atoms with E-state index in [4.69, 9.17) is 4.74 Å². The third-order valence-corrected chi connectivity index (χ3v) is 4.95. The summed E-state index contributed by atoms with van der Waals surface area (Å²) < 4.78 is 5.44. The number of nitrogens with zero attached hydrogens (tertiary/aromatic N) is 1. The Bertz CT molecular complexity index is 615. The maximum Gasteiger partial charge on any atom is 0.0705 e. The molecule has 0 radical (unpaired) electrons. The highest BCUT2D eigenvalue weighted by molar-refractivity contribution is 5.19. The molecular formula is C22H30N2O2. The summed E-state index contributed by atoms with van der Waals surface area (Å²) in [6.07, 6.45) is 1.33. The number of nitrogens with one attached hydrogen (secondary N) is 1. The minimum absolute atomic E-state index is 0.254. The van der Waals surface area contributed by atoms with E-state index in [2.05, 4.69) is 46.6 Å². The number of hydrogen-bond acceptors (Lipinski definition) is 4. The van der Waals surface area contributed by atoms with Gasteiger partial charge in [-0.15, -0.1) is 0 Å². The number of ether oxygens (including phenoxy) is 1. The van der Waals surface area contributed by atoms with Crippen molar-refractivity contribution in [1.29, 1.82) is 0 Å². The Morgan fingerprint density at radius 2 is 1.62 bits per heavy atom. The summed E-state index contributed by atoms with van der Waals surface area (Å²) in [5.74, 6) is 0. The van der Waals surface area contributed by atoms with Crippen molar-refractivity contribution < 1.29 is 9.84 Å². The fourth-order valence-corrected chi connectivity index (χ4v) is 3.45. The van der Waals surface area contributed by atoms with Gasteiger partial charge in [0.2, 0.25) is 0 Å². The van der Waals surface area contributed by atoms with Gasteiger partial charge in [-0.25, -0.2) is 0 Å². The number of hydrogen-bond donors (Lipinski definition) is 2. The van der Waals surface area contributed by atoms with Crippen molar-refractivity contribution in [2.24, 2.45) is 0 Å². The molecule has 1 aliphatic rings.